The summed E-state index contributed by atoms with van der Waals surface area (Å²) in [5.41, 5.74) is 3.31. The largest absolute Gasteiger partial charge is 0.496 e. The van der Waals surface area contributed by atoms with Gasteiger partial charge in [0, 0.05) is 22.0 Å². The molecule has 0 N–H and O–H groups in total. The smallest absolute Gasteiger partial charge is 0.167 e. The molecule has 2 aromatic rings. The molecule has 0 fully saturated rings. The fraction of sp³-hybridized carbons (Fsp3) is 0.235. The summed E-state index contributed by atoms with van der Waals surface area (Å²) in [6.07, 6.45) is 0.253. The first-order valence-electron chi connectivity index (χ1n) is 6.54. The van der Waals surface area contributed by atoms with Crippen molar-refractivity contribution >= 4 is 29.0 Å². The molecular formula is C17H16Cl2O2. The van der Waals surface area contributed by atoms with Crippen molar-refractivity contribution in [3.63, 3.8) is 0 Å². The minimum absolute atomic E-state index is 0.0301. The molecule has 0 aromatic heterocycles. The highest BCUT2D eigenvalue weighted by Crippen LogP contribution is 2.26. The minimum atomic E-state index is 0.0301. The van der Waals surface area contributed by atoms with Crippen molar-refractivity contribution in [1.29, 1.82) is 0 Å². The lowest BCUT2D eigenvalue weighted by atomic mass is 9.97. The molecule has 0 aliphatic rings. The molecule has 0 saturated carbocycles. The Morgan fingerprint density at radius 3 is 2.43 bits per heavy atom. The third kappa shape index (κ3) is 3.58. The van der Waals surface area contributed by atoms with Crippen molar-refractivity contribution in [2.24, 2.45) is 0 Å². The number of Topliss-reactive ketones (excluding diaryl/α,β-unsaturated/α-hetero) is 1. The first-order valence-corrected chi connectivity index (χ1v) is 7.30. The van der Waals surface area contributed by atoms with Crippen molar-refractivity contribution in [3.05, 3.63) is 62.6 Å². The summed E-state index contributed by atoms with van der Waals surface area (Å²) in [4.78, 5) is 12.5. The van der Waals surface area contributed by atoms with Crippen LogP contribution in [0.1, 0.15) is 27.0 Å². The van der Waals surface area contributed by atoms with E-state index in [1.165, 1.54) is 0 Å². The SMILES string of the molecule is COc1cc(C)c(C(=O)Cc2ccc(Cl)cc2Cl)cc1C. The van der Waals surface area contributed by atoms with Crippen LogP contribution in [-0.4, -0.2) is 12.9 Å². The highest BCUT2D eigenvalue weighted by molar-refractivity contribution is 6.35. The quantitative estimate of drug-likeness (QED) is 0.737. The lowest BCUT2D eigenvalue weighted by Crippen LogP contribution is -2.07. The number of aryl methyl sites for hydroxylation is 2. The maximum absolute atomic E-state index is 12.5. The van der Waals surface area contributed by atoms with Gasteiger partial charge in [0.25, 0.3) is 0 Å². The minimum Gasteiger partial charge on any atom is -0.496 e. The Morgan fingerprint density at radius 1 is 1.10 bits per heavy atom. The number of carbonyl (C=O) groups excluding carboxylic acids is 1. The zero-order valence-corrected chi connectivity index (χ0v) is 13.7. The third-order valence-corrected chi connectivity index (χ3v) is 4.00. The monoisotopic (exact) mass is 322 g/mol. The average molecular weight is 323 g/mol. The lowest BCUT2D eigenvalue weighted by molar-refractivity contribution is 0.0992. The standard InChI is InChI=1S/C17H16Cl2O2/c1-10-7-17(21-3)11(2)6-14(10)16(20)8-12-4-5-13(18)9-15(12)19/h4-7,9H,8H2,1-3H3. The van der Waals surface area contributed by atoms with Crippen LogP contribution >= 0.6 is 23.2 Å². The van der Waals surface area contributed by atoms with Gasteiger partial charge in [-0.2, -0.15) is 0 Å². The molecule has 0 saturated heterocycles. The summed E-state index contributed by atoms with van der Waals surface area (Å²) in [6.45, 7) is 3.82. The van der Waals surface area contributed by atoms with E-state index in [1.807, 2.05) is 26.0 Å². The normalized spacial score (nSPS) is 10.5. The number of carbonyl (C=O) groups is 1. The van der Waals surface area contributed by atoms with Gasteiger partial charge in [0.15, 0.2) is 5.78 Å². The molecule has 0 aliphatic heterocycles. The van der Waals surface area contributed by atoms with E-state index < -0.39 is 0 Å². The van der Waals surface area contributed by atoms with Crippen molar-refractivity contribution in [3.8, 4) is 5.75 Å². The topological polar surface area (TPSA) is 26.3 Å². The van der Waals surface area contributed by atoms with E-state index >= 15 is 0 Å². The summed E-state index contributed by atoms with van der Waals surface area (Å²) in [6, 6.07) is 8.92. The van der Waals surface area contributed by atoms with Gasteiger partial charge in [0.1, 0.15) is 5.75 Å². The lowest BCUT2D eigenvalue weighted by Gasteiger charge is -2.11. The van der Waals surface area contributed by atoms with E-state index in [9.17, 15) is 4.79 Å². The summed E-state index contributed by atoms with van der Waals surface area (Å²) >= 11 is 12.0. The number of hydrogen-bond acceptors (Lipinski definition) is 2. The van der Waals surface area contributed by atoms with Crippen molar-refractivity contribution in [2.45, 2.75) is 20.3 Å². The van der Waals surface area contributed by atoms with Gasteiger partial charge in [-0.05, 0) is 54.8 Å². The Balaban J connectivity index is 2.30. The van der Waals surface area contributed by atoms with E-state index in [-0.39, 0.29) is 12.2 Å². The van der Waals surface area contributed by atoms with Crippen LogP contribution in [0.15, 0.2) is 30.3 Å². The number of benzene rings is 2. The van der Waals surface area contributed by atoms with Crippen LogP contribution in [0.5, 0.6) is 5.75 Å². The van der Waals surface area contributed by atoms with E-state index in [0.717, 1.165) is 22.4 Å². The van der Waals surface area contributed by atoms with Crippen LogP contribution in [0.25, 0.3) is 0 Å². The molecule has 0 radical (unpaired) electrons. The van der Waals surface area contributed by atoms with Gasteiger partial charge in [-0.3, -0.25) is 4.79 Å². The maximum atomic E-state index is 12.5. The molecule has 2 nitrogen and oxygen atoms in total. The van der Waals surface area contributed by atoms with Gasteiger partial charge in [-0.1, -0.05) is 29.3 Å². The van der Waals surface area contributed by atoms with Crippen LogP contribution in [0.2, 0.25) is 10.0 Å². The number of halogens is 2. The van der Waals surface area contributed by atoms with Crippen molar-refractivity contribution < 1.29 is 9.53 Å². The molecular weight excluding hydrogens is 307 g/mol. The molecule has 0 aliphatic carbocycles. The molecule has 0 heterocycles. The fourth-order valence-electron chi connectivity index (χ4n) is 2.24. The summed E-state index contributed by atoms with van der Waals surface area (Å²) < 4.78 is 5.26. The molecule has 0 unspecified atom stereocenters. The molecule has 21 heavy (non-hydrogen) atoms. The van der Waals surface area contributed by atoms with Crippen LogP contribution in [0.4, 0.5) is 0 Å². The predicted molar refractivity (Wildman–Crippen MR) is 87.0 cm³/mol. The summed E-state index contributed by atoms with van der Waals surface area (Å²) in [5, 5.41) is 1.08. The van der Waals surface area contributed by atoms with Crippen LogP contribution in [0, 0.1) is 13.8 Å². The van der Waals surface area contributed by atoms with E-state index in [4.69, 9.17) is 27.9 Å². The van der Waals surface area contributed by atoms with Gasteiger partial charge in [-0.25, -0.2) is 0 Å². The predicted octanol–water partition coefficient (Wildman–Crippen LogP) is 5.04. The maximum Gasteiger partial charge on any atom is 0.167 e. The fourth-order valence-corrected chi connectivity index (χ4v) is 2.72. The van der Waals surface area contributed by atoms with Crippen LogP contribution in [-0.2, 0) is 6.42 Å². The van der Waals surface area contributed by atoms with Gasteiger partial charge < -0.3 is 4.74 Å². The second kappa shape index (κ2) is 6.50. The van der Waals surface area contributed by atoms with Crippen LogP contribution in [0.3, 0.4) is 0 Å². The Morgan fingerprint density at radius 2 is 1.81 bits per heavy atom. The van der Waals surface area contributed by atoms with Crippen LogP contribution < -0.4 is 4.74 Å². The van der Waals surface area contributed by atoms with E-state index in [1.54, 1.807) is 25.3 Å². The van der Waals surface area contributed by atoms with Gasteiger partial charge in [0.2, 0.25) is 0 Å². The molecule has 2 rings (SSSR count). The Bertz CT molecular complexity index is 693. The summed E-state index contributed by atoms with van der Waals surface area (Å²) in [5.74, 6) is 0.816. The van der Waals surface area contributed by atoms with Gasteiger partial charge in [-0.15, -0.1) is 0 Å². The number of hydrogen-bond donors (Lipinski definition) is 0. The number of ketones is 1. The zero-order chi connectivity index (χ0) is 15.6. The zero-order valence-electron chi connectivity index (χ0n) is 12.2. The second-order valence-electron chi connectivity index (χ2n) is 4.97. The molecule has 110 valence electrons. The van der Waals surface area contributed by atoms with Gasteiger partial charge in [0.05, 0.1) is 7.11 Å². The average Bonchev–Trinajstić information content (AvgIpc) is 2.43. The Hall–Kier alpha value is -1.51. The molecule has 0 bridgehead atoms. The number of ether oxygens (including phenoxy) is 1. The molecule has 0 amide bonds. The van der Waals surface area contributed by atoms with Crippen molar-refractivity contribution in [1.82, 2.24) is 0 Å². The third-order valence-electron chi connectivity index (χ3n) is 3.41. The van der Waals surface area contributed by atoms with E-state index in [0.29, 0.717) is 15.6 Å². The molecule has 2 aromatic carbocycles. The first-order chi connectivity index (χ1) is 9.92. The molecule has 0 spiro atoms. The van der Waals surface area contributed by atoms with E-state index in [2.05, 4.69) is 0 Å². The first kappa shape index (κ1) is 15.9. The number of rotatable bonds is 4. The Labute approximate surface area is 134 Å². The molecule has 4 heteroatoms. The number of methoxy groups -OCH3 is 1. The summed E-state index contributed by atoms with van der Waals surface area (Å²) in [7, 11) is 1.62. The second-order valence-corrected chi connectivity index (χ2v) is 5.82. The molecule has 0 atom stereocenters. The highest BCUT2D eigenvalue weighted by atomic mass is 35.5. The highest BCUT2D eigenvalue weighted by Gasteiger charge is 2.14. The van der Waals surface area contributed by atoms with Crippen molar-refractivity contribution in [2.75, 3.05) is 7.11 Å². The Kier molecular flexibility index (Phi) is 4.92. The van der Waals surface area contributed by atoms with Gasteiger partial charge >= 0.3 is 0 Å².